The highest BCUT2D eigenvalue weighted by Crippen LogP contribution is 2.23. The van der Waals surface area contributed by atoms with Gasteiger partial charge in [0, 0.05) is 12.8 Å². The number of para-hydroxylation sites is 1. The quantitative estimate of drug-likeness (QED) is 0.244. The van der Waals surface area contributed by atoms with E-state index in [1.54, 1.807) is 13.8 Å². The van der Waals surface area contributed by atoms with Gasteiger partial charge >= 0.3 is 20.2 Å². The molecule has 2 rings (SSSR count). The minimum atomic E-state index is -4.35. The molecule has 2 unspecified atom stereocenters. The second kappa shape index (κ2) is 15.6. The Hall–Kier alpha value is -2.34. The van der Waals surface area contributed by atoms with E-state index in [0.29, 0.717) is 12.8 Å². The lowest BCUT2D eigenvalue weighted by Gasteiger charge is -2.17. The molecule has 2 N–H and O–H groups in total. The van der Waals surface area contributed by atoms with Gasteiger partial charge in [-0.25, -0.2) is 0 Å². The Balaban J connectivity index is 0.000000462. The van der Waals surface area contributed by atoms with Gasteiger partial charge in [0.2, 0.25) is 10.9 Å². The van der Waals surface area contributed by atoms with Crippen molar-refractivity contribution in [2.75, 3.05) is 6.61 Å². The second-order valence-electron chi connectivity index (χ2n) is 7.69. The third-order valence-electron chi connectivity index (χ3n) is 4.58. The second-order valence-corrected chi connectivity index (χ2v) is 10.8. The van der Waals surface area contributed by atoms with Crippen LogP contribution in [0.25, 0.3) is 0 Å². The summed E-state index contributed by atoms with van der Waals surface area (Å²) in [6, 6.07) is 15.5. The van der Waals surface area contributed by atoms with Gasteiger partial charge in [-0.3, -0.25) is 9.11 Å². The van der Waals surface area contributed by atoms with E-state index in [9.17, 15) is 16.8 Å². The monoisotopic (exact) mass is 532 g/mol. The molecule has 2 atom stereocenters. The van der Waals surface area contributed by atoms with Crippen LogP contribution in [-0.4, -0.2) is 43.4 Å². The zero-order valence-electron chi connectivity index (χ0n) is 20.4. The summed E-state index contributed by atoms with van der Waals surface area (Å²) < 4.78 is 79.1. The van der Waals surface area contributed by atoms with Gasteiger partial charge in [-0.05, 0) is 42.8 Å². The lowest BCUT2D eigenvalue weighted by atomic mass is 10.3. The molecular weight excluding hydrogens is 496 g/mol. The summed E-state index contributed by atoms with van der Waals surface area (Å²) in [7, 11) is -8.69. The van der Waals surface area contributed by atoms with Crippen LogP contribution in [0.5, 0.6) is 17.2 Å². The lowest BCUT2D eigenvalue weighted by molar-refractivity contribution is 0.239. The predicted octanol–water partition coefficient (Wildman–Crippen LogP) is 5.34. The molecular formula is C24H36O9S2. The van der Waals surface area contributed by atoms with Crippen LogP contribution < -0.4 is 14.2 Å². The summed E-state index contributed by atoms with van der Waals surface area (Å²) in [6.45, 7) is 6.50. The Morgan fingerprint density at radius 2 is 1.09 bits per heavy atom. The molecule has 0 radical (unpaired) electrons. The van der Waals surface area contributed by atoms with Crippen molar-refractivity contribution >= 4 is 20.2 Å². The molecule has 0 heterocycles. The molecule has 2 aromatic rings. The van der Waals surface area contributed by atoms with Gasteiger partial charge in [-0.15, -0.1) is 0 Å². The molecule has 0 bridgehead atoms. The van der Waals surface area contributed by atoms with Crippen LogP contribution in [0, 0.1) is 0 Å². The number of rotatable bonds is 14. The summed E-state index contributed by atoms with van der Waals surface area (Å²) in [4.78, 5) is 0. The zero-order valence-corrected chi connectivity index (χ0v) is 22.0. The maximum Gasteiger partial charge on any atom is 0.303 e. The molecule has 0 fully saturated rings. The van der Waals surface area contributed by atoms with Crippen molar-refractivity contribution in [3.8, 4) is 17.2 Å². The molecule has 0 aromatic heterocycles. The minimum absolute atomic E-state index is 0.123. The third kappa shape index (κ3) is 12.8. The van der Waals surface area contributed by atoms with Crippen molar-refractivity contribution < 1.29 is 40.2 Å². The molecule has 0 saturated carbocycles. The van der Waals surface area contributed by atoms with Gasteiger partial charge in [0.15, 0.2) is 0 Å². The maximum absolute atomic E-state index is 11.2. The van der Waals surface area contributed by atoms with Crippen molar-refractivity contribution in [1.82, 2.24) is 0 Å². The van der Waals surface area contributed by atoms with Gasteiger partial charge in [0.25, 0.3) is 0 Å². The van der Waals surface area contributed by atoms with Crippen LogP contribution in [0.3, 0.4) is 0 Å². The normalized spacial score (nSPS) is 13.2. The van der Waals surface area contributed by atoms with Crippen molar-refractivity contribution in [3.63, 3.8) is 0 Å². The summed E-state index contributed by atoms with van der Waals surface area (Å²) in [5, 5.41) is 0. The minimum Gasteiger partial charge on any atom is -0.494 e. The number of hydrogen-bond donors (Lipinski definition) is 2. The molecule has 35 heavy (non-hydrogen) atoms. The summed E-state index contributed by atoms with van der Waals surface area (Å²) in [5.74, 6) is 1.33. The first-order valence-electron chi connectivity index (χ1n) is 11.5. The first kappa shape index (κ1) is 30.7. The first-order valence-corrected chi connectivity index (χ1v) is 14.6. The number of hydrogen-bond acceptors (Lipinski definition) is 7. The van der Waals surface area contributed by atoms with Gasteiger partial charge < -0.3 is 14.2 Å². The van der Waals surface area contributed by atoms with Crippen molar-refractivity contribution in [2.45, 2.75) is 70.2 Å². The van der Waals surface area contributed by atoms with E-state index in [1.807, 2.05) is 30.3 Å². The van der Waals surface area contributed by atoms with Crippen LogP contribution in [-0.2, 0) is 20.2 Å². The molecule has 198 valence electrons. The average molecular weight is 533 g/mol. The van der Waals surface area contributed by atoms with Crippen LogP contribution >= 0.6 is 0 Å². The molecule has 0 amide bonds. The Labute approximate surface area is 208 Å². The van der Waals surface area contributed by atoms with E-state index < -0.39 is 31.1 Å². The zero-order chi connectivity index (χ0) is 26.3. The third-order valence-corrected chi connectivity index (χ3v) is 6.57. The summed E-state index contributed by atoms with van der Waals surface area (Å²) >= 11 is 0. The van der Waals surface area contributed by atoms with Crippen LogP contribution in [0.15, 0.2) is 54.6 Å². The van der Waals surface area contributed by atoms with Crippen LogP contribution in [0.1, 0.15) is 59.3 Å². The largest absolute Gasteiger partial charge is 0.494 e. The maximum atomic E-state index is 11.2. The highest BCUT2D eigenvalue weighted by Gasteiger charge is 2.25. The Morgan fingerprint density at radius 1 is 0.657 bits per heavy atom. The molecule has 2 aromatic carbocycles. The number of ether oxygens (including phenoxy) is 3. The molecule has 0 saturated heterocycles. The topological polar surface area (TPSA) is 136 Å². The fourth-order valence-electron chi connectivity index (χ4n) is 2.76. The first-order chi connectivity index (χ1) is 16.5. The van der Waals surface area contributed by atoms with E-state index >= 15 is 0 Å². The number of unbranched alkanes of at least 4 members (excludes halogenated alkanes) is 1. The molecule has 11 heteroatoms. The molecule has 0 aliphatic heterocycles. The van der Waals surface area contributed by atoms with E-state index in [2.05, 4.69) is 6.92 Å². The highest BCUT2D eigenvalue weighted by molar-refractivity contribution is 7.86. The van der Waals surface area contributed by atoms with Crippen LogP contribution in [0.2, 0.25) is 0 Å². The van der Waals surface area contributed by atoms with Gasteiger partial charge in [0.1, 0.15) is 17.2 Å². The van der Waals surface area contributed by atoms with E-state index in [0.717, 1.165) is 18.8 Å². The Morgan fingerprint density at radius 3 is 1.43 bits per heavy atom. The van der Waals surface area contributed by atoms with Gasteiger partial charge in [0.05, 0.1) is 6.61 Å². The van der Waals surface area contributed by atoms with Crippen LogP contribution in [0.4, 0.5) is 0 Å². The predicted molar refractivity (Wildman–Crippen MR) is 135 cm³/mol. The van der Waals surface area contributed by atoms with E-state index in [4.69, 9.17) is 23.3 Å². The number of benzene rings is 2. The SMILES string of the molecule is CCCC(Oc1ccc(OC(CCC)S(=O)(=O)O)cc1)S(=O)(=O)O.CCCCOc1ccccc1. The molecule has 9 nitrogen and oxygen atoms in total. The fraction of sp³-hybridized carbons (Fsp3) is 0.500. The van der Waals surface area contributed by atoms with Crippen molar-refractivity contribution in [1.29, 1.82) is 0 Å². The van der Waals surface area contributed by atoms with E-state index in [1.165, 1.54) is 30.7 Å². The van der Waals surface area contributed by atoms with Crippen molar-refractivity contribution in [2.24, 2.45) is 0 Å². The molecule has 0 aliphatic rings. The lowest BCUT2D eigenvalue weighted by Crippen LogP contribution is -2.27. The highest BCUT2D eigenvalue weighted by atomic mass is 32.2. The summed E-state index contributed by atoms with van der Waals surface area (Å²) in [5.41, 5.74) is -2.75. The molecule has 0 aliphatic carbocycles. The van der Waals surface area contributed by atoms with Gasteiger partial charge in [-0.2, -0.15) is 16.8 Å². The standard InChI is InChI=1S/C14H22O8S2.C10H14O/c1-3-5-13(23(15,16)17)21-11-7-9-12(10-8-11)22-14(6-4-2)24(18,19)20;1-2-3-9-11-10-7-5-4-6-8-10/h7-10,13-14H,3-6H2,1-2H3,(H,15,16,17)(H,18,19,20);4-8H,2-3,9H2,1H3. The fourth-order valence-corrected chi connectivity index (χ4v) is 4.29. The van der Waals surface area contributed by atoms with Crippen molar-refractivity contribution in [3.05, 3.63) is 54.6 Å². The van der Waals surface area contributed by atoms with E-state index in [-0.39, 0.29) is 24.3 Å². The Bertz CT molecular complexity index is 975. The smallest absolute Gasteiger partial charge is 0.303 e. The summed E-state index contributed by atoms with van der Waals surface area (Å²) in [6.07, 6.45) is 3.57. The average Bonchev–Trinajstić information content (AvgIpc) is 2.80. The van der Waals surface area contributed by atoms with Gasteiger partial charge in [-0.1, -0.05) is 58.2 Å². The Kier molecular flexibility index (Phi) is 13.7. The molecule has 0 spiro atoms.